The lowest BCUT2D eigenvalue weighted by Crippen LogP contribution is -2.48. The molecule has 0 aromatic heterocycles. The van der Waals surface area contributed by atoms with Crippen LogP contribution in [0.1, 0.15) is 61.3 Å². The lowest BCUT2D eigenvalue weighted by molar-refractivity contribution is -0.126. The van der Waals surface area contributed by atoms with Crippen molar-refractivity contribution in [2.45, 2.75) is 61.3 Å². The molecular weight excluding hydrogens is 368 g/mol. The van der Waals surface area contributed by atoms with Gasteiger partial charge in [0.15, 0.2) is 0 Å². The van der Waals surface area contributed by atoms with E-state index >= 15 is 0 Å². The first-order chi connectivity index (χ1) is 14.7. The predicted octanol–water partition coefficient (Wildman–Crippen LogP) is 6.18. The molecule has 30 heavy (non-hydrogen) atoms. The van der Waals surface area contributed by atoms with E-state index in [1.54, 1.807) is 6.08 Å². The summed E-state index contributed by atoms with van der Waals surface area (Å²) in [7, 11) is 0. The van der Waals surface area contributed by atoms with Gasteiger partial charge in [-0.3, -0.25) is 9.69 Å². The minimum atomic E-state index is -0.0890. The Hall–Kier alpha value is -2.31. The summed E-state index contributed by atoms with van der Waals surface area (Å²) in [6, 6.07) is 0. The Bertz CT molecular complexity index is 634. The van der Waals surface area contributed by atoms with Gasteiger partial charge in [0.1, 0.15) is 0 Å². The van der Waals surface area contributed by atoms with E-state index in [-0.39, 0.29) is 5.91 Å². The molecule has 1 aliphatic carbocycles. The molecule has 2 aliphatic rings. The van der Waals surface area contributed by atoms with Crippen LogP contribution in [0.2, 0.25) is 0 Å². The second kappa shape index (κ2) is 21.4. The third-order valence-corrected chi connectivity index (χ3v) is 4.14. The summed E-state index contributed by atoms with van der Waals surface area (Å²) in [6.07, 6.45) is 16.2. The molecule has 1 saturated heterocycles. The number of piperazine rings is 1. The Morgan fingerprint density at radius 1 is 1.07 bits per heavy atom. The van der Waals surface area contributed by atoms with Gasteiger partial charge in [-0.15, -0.1) is 0 Å². The molecule has 0 aromatic carbocycles. The van der Waals surface area contributed by atoms with Crippen LogP contribution in [0.5, 0.6) is 0 Å². The fourth-order valence-electron chi connectivity index (χ4n) is 2.83. The maximum Gasteiger partial charge on any atom is 0.298 e. The van der Waals surface area contributed by atoms with E-state index in [1.165, 1.54) is 5.57 Å². The van der Waals surface area contributed by atoms with E-state index in [4.69, 9.17) is 0 Å². The Morgan fingerprint density at radius 2 is 1.70 bits per heavy atom. The minimum absolute atomic E-state index is 0.0890. The van der Waals surface area contributed by atoms with Gasteiger partial charge in [-0.1, -0.05) is 96.1 Å². The summed E-state index contributed by atoms with van der Waals surface area (Å²) in [5.41, 5.74) is 2.29. The van der Waals surface area contributed by atoms with Gasteiger partial charge in [0.25, 0.3) is 5.91 Å². The van der Waals surface area contributed by atoms with Gasteiger partial charge >= 0.3 is 0 Å². The lowest BCUT2D eigenvalue weighted by atomic mass is 10.0. The Kier molecular flexibility index (Phi) is 21.3. The average molecular weight is 413 g/mol. The molecule has 0 N–H and O–H groups in total. The molecule has 0 aromatic rings. The van der Waals surface area contributed by atoms with E-state index in [0.29, 0.717) is 0 Å². The monoisotopic (exact) mass is 412 g/mol. The van der Waals surface area contributed by atoms with Gasteiger partial charge in [-0.2, -0.15) is 0 Å². The smallest absolute Gasteiger partial charge is 0.298 e. The molecule has 1 aliphatic heterocycles. The van der Waals surface area contributed by atoms with Gasteiger partial charge in [0, 0.05) is 44.2 Å². The number of carbonyl (C=O) groups excluding carboxylic acids is 1. The highest BCUT2D eigenvalue weighted by molar-refractivity contribution is 5.94. The zero-order chi connectivity index (χ0) is 23.2. The van der Waals surface area contributed by atoms with E-state index in [2.05, 4.69) is 41.5 Å². The molecule has 0 saturated carbocycles. The summed E-state index contributed by atoms with van der Waals surface area (Å²) in [5.74, 6) is 5.59. The highest BCUT2D eigenvalue weighted by Gasteiger charge is 2.20. The Labute approximate surface area is 186 Å². The molecule has 168 valence electrons. The standard InChI is InChI=1S/C21H26N2O.3C2H6/c1-3-8-19(9-4-2)12-13-21(24)23-16-14-22(15-17-23)18-20-10-6-5-7-11-20;3*1-2/h3-6,8-10H,1,7,11,14-18H2,2H3;3*1-2H3/b9-4-,19-8+;;;. The molecule has 2 rings (SSSR count). The molecule has 3 heteroatoms. The first-order valence-corrected chi connectivity index (χ1v) is 11.6. The van der Waals surface area contributed by atoms with Crippen molar-refractivity contribution >= 4 is 5.91 Å². The van der Waals surface area contributed by atoms with E-state index in [0.717, 1.165) is 51.1 Å². The number of hydrogen-bond donors (Lipinski definition) is 0. The topological polar surface area (TPSA) is 23.6 Å². The quantitative estimate of drug-likeness (QED) is 0.407. The van der Waals surface area contributed by atoms with Crippen molar-refractivity contribution in [1.29, 1.82) is 0 Å². The number of hydrogen-bond acceptors (Lipinski definition) is 2. The molecule has 1 heterocycles. The summed E-state index contributed by atoms with van der Waals surface area (Å²) >= 11 is 0. The molecule has 1 fully saturated rings. The van der Waals surface area contributed by atoms with Crippen LogP contribution in [0.4, 0.5) is 0 Å². The van der Waals surface area contributed by atoms with Gasteiger partial charge in [-0.25, -0.2) is 0 Å². The van der Waals surface area contributed by atoms with Crippen LogP contribution in [0.15, 0.2) is 60.3 Å². The van der Waals surface area contributed by atoms with Crippen LogP contribution in [0, 0.1) is 11.8 Å². The largest absolute Gasteiger partial charge is 0.329 e. The zero-order valence-corrected chi connectivity index (χ0v) is 20.5. The Morgan fingerprint density at radius 3 is 2.20 bits per heavy atom. The molecule has 3 nitrogen and oxygen atoms in total. The third-order valence-electron chi connectivity index (χ3n) is 4.14. The van der Waals surface area contributed by atoms with Crippen LogP contribution in [-0.4, -0.2) is 48.4 Å². The van der Waals surface area contributed by atoms with Crippen molar-refractivity contribution in [2.24, 2.45) is 0 Å². The predicted molar refractivity (Wildman–Crippen MR) is 134 cm³/mol. The van der Waals surface area contributed by atoms with Crippen molar-refractivity contribution in [2.75, 3.05) is 32.7 Å². The number of amides is 1. The maximum absolute atomic E-state index is 12.2. The summed E-state index contributed by atoms with van der Waals surface area (Å²) in [5, 5.41) is 0. The van der Waals surface area contributed by atoms with Crippen LogP contribution < -0.4 is 0 Å². The molecule has 0 atom stereocenters. The SMILES string of the molecule is C=C/C=C(C#CC(=O)N1CCN(CC2=CC=CCC2)CC1)\C=C/C.CC.CC.CC. The zero-order valence-electron chi connectivity index (χ0n) is 20.5. The first kappa shape index (κ1) is 29.9. The summed E-state index contributed by atoms with van der Waals surface area (Å²) < 4.78 is 0. The highest BCUT2D eigenvalue weighted by atomic mass is 16.2. The van der Waals surface area contributed by atoms with Crippen molar-refractivity contribution in [3.05, 3.63) is 60.3 Å². The van der Waals surface area contributed by atoms with Gasteiger partial charge in [-0.05, 0) is 25.8 Å². The van der Waals surface area contributed by atoms with Crippen molar-refractivity contribution < 1.29 is 4.79 Å². The molecule has 1 amide bonds. The van der Waals surface area contributed by atoms with Gasteiger partial charge in [0.2, 0.25) is 0 Å². The number of nitrogens with zero attached hydrogens (tertiary/aromatic N) is 2. The lowest BCUT2D eigenvalue weighted by Gasteiger charge is -2.34. The molecule has 0 unspecified atom stereocenters. The fourth-order valence-corrected chi connectivity index (χ4v) is 2.83. The van der Waals surface area contributed by atoms with Crippen molar-refractivity contribution in [3.63, 3.8) is 0 Å². The average Bonchev–Trinajstić information content (AvgIpc) is 2.83. The second-order valence-electron chi connectivity index (χ2n) is 5.97. The van der Waals surface area contributed by atoms with Gasteiger partial charge < -0.3 is 4.90 Å². The number of allylic oxidation sites excluding steroid dienone is 8. The third kappa shape index (κ3) is 13.0. The maximum atomic E-state index is 12.2. The highest BCUT2D eigenvalue weighted by Crippen LogP contribution is 2.14. The Balaban J connectivity index is 0. The summed E-state index contributed by atoms with van der Waals surface area (Å²) in [6.45, 7) is 21.9. The van der Waals surface area contributed by atoms with E-state index in [9.17, 15) is 4.79 Å². The fraction of sp³-hybridized carbons (Fsp3) is 0.519. The molecule has 0 bridgehead atoms. The van der Waals surface area contributed by atoms with Crippen LogP contribution in [0.25, 0.3) is 0 Å². The molecule has 0 radical (unpaired) electrons. The van der Waals surface area contributed by atoms with Crippen LogP contribution in [-0.2, 0) is 4.79 Å². The first-order valence-electron chi connectivity index (χ1n) is 11.6. The summed E-state index contributed by atoms with van der Waals surface area (Å²) in [4.78, 5) is 16.5. The number of rotatable bonds is 4. The molecule has 0 spiro atoms. The normalized spacial score (nSPS) is 15.8. The number of carbonyl (C=O) groups is 1. The van der Waals surface area contributed by atoms with Crippen LogP contribution >= 0.6 is 0 Å². The van der Waals surface area contributed by atoms with Gasteiger partial charge in [0.05, 0.1) is 0 Å². The minimum Gasteiger partial charge on any atom is -0.329 e. The van der Waals surface area contributed by atoms with E-state index < -0.39 is 0 Å². The van der Waals surface area contributed by atoms with E-state index in [1.807, 2.05) is 71.6 Å². The van der Waals surface area contributed by atoms with Crippen LogP contribution in [0.3, 0.4) is 0 Å². The molecular formula is C27H44N2O. The van der Waals surface area contributed by atoms with Crippen molar-refractivity contribution in [1.82, 2.24) is 9.80 Å². The second-order valence-corrected chi connectivity index (χ2v) is 5.97. The van der Waals surface area contributed by atoms with Crippen molar-refractivity contribution in [3.8, 4) is 11.8 Å².